The van der Waals surface area contributed by atoms with E-state index in [2.05, 4.69) is 39.7 Å². The second-order valence-corrected chi connectivity index (χ2v) is 9.48. The zero-order valence-corrected chi connectivity index (χ0v) is 19.3. The molecule has 2 aromatic heterocycles. The minimum Gasteiger partial charge on any atom is -0.477 e. The standard InChI is InChI=1S/C26H31N5O3/c32-25(30-13-11-20(12-14-30)19-9-5-2-6-10-19)21-16-28-24-22(26(33)34)17-29-31(24)23(21)27-15-18-7-3-1-4-8-18/h2,5-6,9-10,16-18,20,27H,1,3-4,7-8,11-15H2,(H,33,34). The first-order chi connectivity index (χ1) is 16.6. The van der Waals surface area contributed by atoms with Crippen LogP contribution in [0, 0.1) is 5.92 Å². The van der Waals surface area contributed by atoms with Crippen LogP contribution in [0.3, 0.4) is 0 Å². The fourth-order valence-electron chi connectivity index (χ4n) is 5.35. The minimum absolute atomic E-state index is 0.0309. The van der Waals surface area contributed by atoms with Gasteiger partial charge in [-0.2, -0.15) is 9.61 Å². The summed E-state index contributed by atoms with van der Waals surface area (Å²) in [6.07, 6.45) is 10.7. The first kappa shape index (κ1) is 22.4. The Morgan fingerprint density at radius 3 is 2.41 bits per heavy atom. The number of benzene rings is 1. The van der Waals surface area contributed by atoms with E-state index in [0.29, 0.717) is 36.3 Å². The Morgan fingerprint density at radius 1 is 0.971 bits per heavy atom. The number of carboxylic acid groups (broad SMARTS) is 1. The number of anilines is 1. The molecule has 0 radical (unpaired) electrons. The lowest BCUT2D eigenvalue weighted by atomic mass is 9.89. The molecule has 1 aromatic carbocycles. The lowest BCUT2D eigenvalue weighted by Crippen LogP contribution is -2.38. The van der Waals surface area contributed by atoms with Gasteiger partial charge in [0.25, 0.3) is 5.91 Å². The summed E-state index contributed by atoms with van der Waals surface area (Å²) in [7, 11) is 0. The number of nitrogens with one attached hydrogen (secondary N) is 1. The first-order valence-corrected chi connectivity index (χ1v) is 12.3. The maximum Gasteiger partial charge on any atom is 0.341 e. The fourth-order valence-corrected chi connectivity index (χ4v) is 5.35. The summed E-state index contributed by atoms with van der Waals surface area (Å²) in [5, 5.41) is 17.2. The van der Waals surface area contributed by atoms with Crippen molar-refractivity contribution in [2.75, 3.05) is 25.0 Å². The van der Waals surface area contributed by atoms with Crippen molar-refractivity contribution in [3.05, 3.63) is 59.4 Å². The van der Waals surface area contributed by atoms with Gasteiger partial charge in [0.05, 0.1) is 6.20 Å². The van der Waals surface area contributed by atoms with Crippen LogP contribution in [0.1, 0.15) is 77.1 Å². The topological polar surface area (TPSA) is 99.8 Å². The molecule has 2 fully saturated rings. The van der Waals surface area contributed by atoms with Crippen LogP contribution in [-0.4, -0.2) is 56.1 Å². The van der Waals surface area contributed by atoms with Gasteiger partial charge >= 0.3 is 5.97 Å². The van der Waals surface area contributed by atoms with Crippen molar-refractivity contribution in [3.63, 3.8) is 0 Å². The summed E-state index contributed by atoms with van der Waals surface area (Å²) in [4.78, 5) is 31.4. The fraction of sp³-hybridized carbons (Fsp3) is 0.462. The monoisotopic (exact) mass is 461 g/mol. The van der Waals surface area contributed by atoms with Crippen molar-refractivity contribution in [2.24, 2.45) is 5.92 Å². The summed E-state index contributed by atoms with van der Waals surface area (Å²) in [6, 6.07) is 10.5. The van der Waals surface area contributed by atoms with E-state index in [0.717, 1.165) is 32.2 Å². The van der Waals surface area contributed by atoms with E-state index in [1.165, 1.54) is 41.7 Å². The van der Waals surface area contributed by atoms with Crippen molar-refractivity contribution >= 4 is 23.3 Å². The molecule has 0 unspecified atom stereocenters. The van der Waals surface area contributed by atoms with Crippen LogP contribution in [0.4, 0.5) is 5.82 Å². The van der Waals surface area contributed by atoms with Gasteiger partial charge in [0.15, 0.2) is 5.65 Å². The number of carboxylic acids is 1. The number of aromatic carboxylic acids is 1. The molecule has 0 spiro atoms. The number of carbonyl (C=O) groups excluding carboxylic acids is 1. The molecule has 5 rings (SSSR count). The van der Waals surface area contributed by atoms with Gasteiger partial charge in [0.2, 0.25) is 0 Å². The number of aromatic nitrogens is 3. The minimum atomic E-state index is -1.08. The third-order valence-electron chi connectivity index (χ3n) is 7.32. The Balaban J connectivity index is 1.39. The molecular formula is C26H31N5O3. The lowest BCUT2D eigenvalue weighted by Gasteiger charge is -2.32. The van der Waals surface area contributed by atoms with E-state index in [9.17, 15) is 14.7 Å². The molecule has 1 aliphatic heterocycles. The molecule has 0 bridgehead atoms. The molecule has 0 atom stereocenters. The number of fused-ring (bicyclic) bond motifs is 1. The molecule has 1 saturated carbocycles. The van der Waals surface area contributed by atoms with Crippen LogP contribution in [0.25, 0.3) is 5.65 Å². The predicted molar refractivity (Wildman–Crippen MR) is 129 cm³/mol. The molecule has 34 heavy (non-hydrogen) atoms. The number of hydrogen-bond acceptors (Lipinski definition) is 5. The molecule has 8 nitrogen and oxygen atoms in total. The van der Waals surface area contributed by atoms with Crippen molar-refractivity contribution in [3.8, 4) is 0 Å². The normalized spacial score (nSPS) is 17.7. The highest BCUT2D eigenvalue weighted by molar-refractivity contribution is 6.00. The van der Waals surface area contributed by atoms with Gasteiger partial charge in [-0.05, 0) is 43.1 Å². The Labute approximate surface area is 199 Å². The highest BCUT2D eigenvalue weighted by atomic mass is 16.4. The Hall–Kier alpha value is -3.42. The molecule has 1 saturated heterocycles. The van der Waals surface area contributed by atoms with E-state index in [-0.39, 0.29) is 17.1 Å². The van der Waals surface area contributed by atoms with Crippen molar-refractivity contribution in [2.45, 2.75) is 50.9 Å². The highest BCUT2D eigenvalue weighted by Crippen LogP contribution is 2.30. The van der Waals surface area contributed by atoms with Crippen LogP contribution >= 0.6 is 0 Å². The summed E-state index contributed by atoms with van der Waals surface area (Å²) in [5.41, 5.74) is 2.05. The van der Waals surface area contributed by atoms with Gasteiger partial charge < -0.3 is 15.3 Å². The third kappa shape index (κ3) is 4.49. The largest absolute Gasteiger partial charge is 0.477 e. The van der Waals surface area contributed by atoms with E-state index >= 15 is 0 Å². The number of piperidine rings is 1. The summed E-state index contributed by atoms with van der Waals surface area (Å²) in [5.74, 6) is 0.371. The summed E-state index contributed by atoms with van der Waals surface area (Å²) in [6.45, 7) is 2.09. The second-order valence-electron chi connectivity index (χ2n) is 9.48. The summed E-state index contributed by atoms with van der Waals surface area (Å²) >= 11 is 0. The maximum atomic E-state index is 13.6. The van der Waals surface area contributed by atoms with Gasteiger partial charge in [-0.3, -0.25) is 4.79 Å². The van der Waals surface area contributed by atoms with Crippen LogP contribution < -0.4 is 5.32 Å². The first-order valence-electron chi connectivity index (χ1n) is 12.3. The molecule has 8 heteroatoms. The Bertz CT molecular complexity index is 1160. The smallest absolute Gasteiger partial charge is 0.341 e. The lowest BCUT2D eigenvalue weighted by molar-refractivity contribution is 0.0695. The Kier molecular flexibility index (Phi) is 6.47. The number of hydrogen-bond donors (Lipinski definition) is 2. The molecule has 1 amide bonds. The van der Waals surface area contributed by atoms with Gasteiger partial charge in [-0.1, -0.05) is 49.6 Å². The average molecular weight is 462 g/mol. The molecular weight excluding hydrogens is 430 g/mol. The predicted octanol–water partition coefficient (Wildman–Crippen LogP) is 4.44. The number of carbonyl (C=O) groups is 2. The molecule has 3 aromatic rings. The molecule has 2 N–H and O–H groups in total. The van der Waals surface area contributed by atoms with E-state index in [1.54, 1.807) is 0 Å². The number of rotatable bonds is 6. The van der Waals surface area contributed by atoms with Gasteiger partial charge in [0.1, 0.15) is 16.9 Å². The number of nitrogens with zero attached hydrogens (tertiary/aromatic N) is 4. The van der Waals surface area contributed by atoms with Crippen LogP contribution in [0.15, 0.2) is 42.7 Å². The average Bonchev–Trinajstić information content (AvgIpc) is 3.33. The van der Waals surface area contributed by atoms with Crippen LogP contribution in [-0.2, 0) is 0 Å². The van der Waals surface area contributed by atoms with Gasteiger partial charge in [-0.15, -0.1) is 0 Å². The second kappa shape index (κ2) is 9.83. The molecule has 2 aliphatic rings. The SMILES string of the molecule is O=C(O)c1cnn2c(NCC3CCCCC3)c(C(=O)N3CCC(c4ccccc4)CC3)cnc12. The van der Waals surface area contributed by atoms with Crippen LogP contribution in [0.5, 0.6) is 0 Å². The van der Waals surface area contributed by atoms with E-state index in [1.807, 2.05) is 11.0 Å². The number of likely N-dealkylation sites (tertiary alicyclic amines) is 1. The highest BCUT2D eigenvalue weighted by Gasteiger charge is 2.28. The molecule has 178 valence electrons. The van der Waals surface area contributed by atoms with Gasteiger partial charge in [-0.25, -0.2) is 9.78 Å². The van der Waals surface area contributed by atoms with Crippen LogP contribution in [0.2, 0.25) is 0 Å². The quantitative estimate of drug-likeness (QED) is 0.563. The van der Waals surface area contributed by atoms with Crippen molar-refractivity contribution in [1.82, 2.24) is 19.5 Å². The van der Waals surface area contributed by atoms with Crippen molar-refractivity contribution < 1.29 is 14.7 Å². The van der Waals surface area contributed by atoms with Crippen molar-refractivity contribution in [1.29, 1.82) is 0 Å². The zero-order chi connectivity index (χ0) is 23.5. The number of amides is 1. The van der Waals surface area contributed by atoms with E-state index < -0.39 is 5.97 Å². The van der Waals surface area contributed by atoms with E-state index in [4.69, 9.17) is 0 Å². The zero-order valence-electron chi connectivity index (χ0n) is 19.3. The Morgan fingerprint density at radius 2 is 1.71 bits per heavy atom. The van der Waals surface area contributed by atoms with Gasteiger partial charge in [0, 0.05) is 25.8 Å². The maximum absolute atomic E-state index is 13.6. The molecule has 3 heterocycles. The molecule has 1 aliphatic carbocycles. The summed E-state index contributed by atoms with van der Waals surface area (Å²) < 4.78 is 1.48. The third-order valence-corrected chi connectivity index (χ3v) is 7.32.